The standard InChI is InChI=1S/C13H24N2O3/c1-10(12(16)15(2)3)18-11-8-13(17-9-11)4-6-14-7-5-13/h10-11,14H,4-9H2,1-3H3. The molecule has 1 N–H and O–H groups in total. The number of ether oxygens (including phenoxy) is 2. The summed E-state index contributed by atoms with van der Waals surface area (Å²) in [5, 5.41) is 3.34. The summed E-state index contributed by atoms with van der Waals surface area (Å²) in [7, 11) is 3.50. The second-order valence-corrected chi connectivity index (χ2v) is 5.58. The summed E-state index contributed by atoms with van der Waals surface area (Å²) in [5.41, 5.74) is -0.00317. The molecule has 2 saturated heterocycles. The van der Waals surface area contributed by atoms with Crippen molar-refractivity contribution in [1.29, 1.82) is 0 Å². The first-order chi connectivity index (χ1) is 8.52. The van der Waals surface area contributed by atoms with Crippen molar-refractivity contribution >= 4 is 5.91 Å². The maximum Gasteiger partial charge on any atom is 0.250 e. The van der Waals surface area contributed by atoms with Crippen LogP contribution in [-0.2, 0) is 14.3 Å². The Kier molecular flexibility index (Phi) is 4.25. The Morgan fingerprint density at radius 2 is 2.11 bits per heavy atom. The van der Waals surface area contributed by atoms with Gasteiger partial charge in [0.2, 0.25) is 0 Å². The van der Waals surface area contributed by atoms with E-state index in [0.717, 1.165) is 32.4 Å². The molecule has 2 atom stereocenters. The van der Waals surface area contributed by atoms with Gasteiger partial charge in [-0.3, -0.25) is 4.79 Å². The Hall–Kier alpha value is -0.650. The molecule has 2 fully saturated rings. The number of piperidine rings is 1. The highest BCUT2D eigenvalue weighted by molar-refractivity contribution is 5.79. The summed E-state index contributed by atoms with van der Waals surface area (Å²) in [5.74, 6) is 0.0151. The van der Waals surface area contributed by atoms with Gasteiger partial charge in [0.1, 0.15) is 6.10 Å². The third kappa shape index (κ3) is 3.02. The molecule has 2 rings (SSSR count). The van der Waals surface area contributed by atoms with Crippen LogP contribution < -0.4 is 5.32 Å². The molecule has 0 saturated carbocycles. The molecule has 1 spiro atoms. The number of hydrogen-bond acceptors (Lipinski definition) is 4. The number of rotatable bonds is 3. The van der Waals surface area contributed by atoms with Gasteiger partial charge >= 0.3 is 0 Å². The maximum absolute atomic E-state index is 11.7. The summed E-state index contributed by atoms with van der Waals surface area (Å²) in [6.45, 7) is 4.46. The molecule has 1 amide bonds. The Morgan fingerprint density at radius 1 is 1.44 bits per heavy atom. The summed E-state index contributed by atoms with van der Waals surface area (Å²) in [6, 6.07) is 0. The fourth-order valence-corrected chi connectivity index (χ4v) is 2.83. The highest BCUT2D eigenvalue weighted by atomic mass is 16.6. The minimum absolute atomic E-state index is 0.00317. The molecule has 2 aliphatic heterocycles. The lowest BCUT2D eigenvalue weighted by Gasteiger charge is -2.32. The van der Waals surface area contributed by atoms with Crippen LogP contribution in [0.25, 0.3) is 0 Å². The maximum atomic E-state index is 11.7. The molecule has 2 aliphatic rings. The topological polar surface area (TPSA) is 50.8 Å². The Morgan fingerprint density at radius 3 is 2.72 bits per heavy atom. The molecule has 0 aromatic carbocycles. The molecule has 2 heterocycles. The van der Waals surface area contributed by atoms with E-state index in [1.807, 2.05) is 6.92 Å². The van der Waals surface area contributed by atoms with Gasteiger partial charge < -0.3 is 19.7 Å². The second kappa shape index (κ2) is 5.55. The molecule has 2 unspecified atom stereocenters. The molecule has 0 bridgehead atoms. The minimum Gasteiger partial charge on any atom is -0.372 e. The first kappa shape index (κ1) is 13.8. The van der Waals surface area contributed by atoms with Gasteiger partial charge in [-0.15, -0.1) is 0 Å². The van der Waals surface area contributed by atoms with Gasteiger partial charge in [0, 0.05) is 20.5 Å². The van der Waals surface area contributed by atoms with Gasteiger partial charge in [0.05, 0.1) is 18.3 Å². The van der Waals surface area contributed by atoms with Gasteiger partial charge in [-0.05, 0) is 32.9 Å². The summed E-state index contributed by atoms with van der Waals surface area (Å²) in [6.07, 6.45) is 2.68. The summed E-state index contributed by atoms with van der Waals surface area (Å²) < 4.78 is 11.8. The van der Waals surface area contributed by atoms with Crippen molar-refractivity contribution in [1.82, 2.24) is 10.2 Å². The van der Waals surface area contributed by atoms with Crippen LogP contribution in [0.2, 0.25) is 0 Å². The third-order valence-corrected chi connectivity index (χ3v) is 3.87. The average molecular weight is 256 g/mol. The normalized spacial score (nSPS) is 28.3. The zero-order valence-corrected chi connectivity index (χ0v) is 11.6. The van der Waals surface area contributed by atoms with Crippen LogP contribution in [0.1, 0.15) is 26.2 Å². The molecular weight excluding hydrogens is 232 g/mol. The predicted octanol–water partition coefficient (Wildman–Crippen LogP) is 0.391. The van der Waals surface area contributed by atoms with Crippen molar-refractivity contribution in [3.8, 4) is 0 Å². The van der Waals surface area contributed by atoms with Gasteiger partial charge in [0.15, 0.2) is 0 Å². The lowest BCUT2D eigenvalue weighted by Crippen LogP contribution is -2.42. The van der Waals surface area contributed by atoms with Crippen molar-refractivity contribution in [2.45, 2.75) is 44.0 Å². The van der Waals surface area contributed by atoms with Crippen LogP contribution in [0.15, 0.2) is 0 Å². The Labute approximate surface area is 109 Å². The van der Waals surface area contributed by atoms with Crippen LogP contribution in [0.3, 0.4) is 0 Å². The number of carbonyl (C=O) groups excluding carboxylic acids is 1. The minimum atomic E-state index is -0.384. The Bertz CT molecular complexity index is 301. The van der Waals surface area contributed by atoms with E-state index < -0.39 is 0 Å². The quantitative estimate of drug-likeness (QED) is 0.793. The van der Waals surface area contributed by atoms with E-state index in [9.17, 15) is 4.79 Å². The zero-order valence-electron chi connectivity index (χ0n) is 11.6. The molecule has 5 heteroatoms. The largest absolute Gasteiger partial charge is 0.372 e. The van der Waals surface area contributed by atoms with E-state index in [4.69, 9.17) is 9.47 Å². The van der Waals surface area contributed by atoms with E-state index >= 15 is 0 Å². The fourth-order valence-electron chi connectivity index (χ4n) is 2.83. The van der Waals surface area contributed by atoms with Crippen LogP contribution >= 0.6 is 0 Å². The van der Waals surface area contributed by atoms with Gasteiger partial charge in [-0.25, -0.2) is 0 Å². The highest BCUT2D eigenvalue weighted by Gasteiger charge is 2.42. The van der Waals surface area contributed by atoms with Crippen LogP contribution in [-0.4, -0.2) is 62.4 Å². The number of nitrogens with one attached hydrogen (secondary N) is 1. The average Bonchev–Trinajstić information content (AvgIpc) is 2.71. The number of likely N-dealkylation sites (N-methyl/N-ethyl adjacent to an activating group) is 1. The monoisotopic (exact) mass is 256 g/mol. The van der Waals surface area contributed by atoms with Crippen molar-refractivity contribution in [3.05, 3.63) is 0 Å². The molecule has 0 aromatic rings. The van der Waals surface area contributed by atoms with Crippen molar-refractivity contribution < 1.29 is 14.3 Å². The molecular formula is C13H24N2O3. The van der Waals surface area contributed by atoms with Crippen LogP contribution in [0, 0.1) is 0 Å². The SMILES string of the molecule is CC(OC1COC2(CCNCC2)C1)C(=O)N(C)C. The van der Waals surface area contributed by atoms with E-state index in [-0.39, 0.29) is 23.7 Å². The smallest absolute Gasteiger partial charge is 0.250 e. The number of nitrogens with zero attached hydrogens (tertiary/aromatic N) is 1. The van der Waals surface area contributed by atoms with Gasteiger partial charge in [0.25, 0.3) is 5.91 Å². The Balaban J connectivity index is 1.83. The van der Waals surface area contributed by atoms with Gasteiger partial charge in [-0.2, -0.15) is 0 Å². The molecule has 0 radical (unpaired) electrons. The number of carbonyl (C=O) groups is 1. The molecule has 104 valence electrons. The number of hydrogen-bond donors (Lipinski definition) is 1. The van der Waals surface area contributed by atoms with E-state index in [1.165, 1.54) is 0 Å². The molecule has 0 aromatic heterocycles. The van der Waals surface area contributed by atoms with Crippen molar-refractivity contribution in [2.75, 3.05) is 33.8 Å². The van der Waals surface area contributed by atoms with Crippen LogP contribution in [0.4, 0.5) is 0 Å². The van der Waals surface area contributed by atoms with Gasteiger partial charge in [-0.1, -0.05) is 0 Å². The predicted molar refractivity (Wildman–Crippen MR) is 68.4 cm³/mol. The first-order valence-electron chi connectivity index (χ1n) is 6.74. The molecule has 0 aliphatic carbocycles. The van der Waals surface area contributed by atoms with Crippen LogP contribution in [0.5, 0.6) is 0 Å². The fraction of sp³-hybridized carbons (Fsp3) is 0.923. The lowest BCUT2D eigenvalue weighted by atomic mass is 9.89. The third-order valence-electron chi connectivity index (χ3n) is 3.87. The first-order valence-corrected chi connectivity index (χ1v) is 6.74. The molecule has 18 heavy (non-hydrogen) atoms. The van der Waals surface area contributed by atoms with E-state index in [1.54, 1.807) is 19.0 Å². The highest BCUT2D eigenvalue weighted by Crippen LogP contribution is 2.35. The summed E-state index contributed by atoms with van der Waals surface area (Å²) >= 11 is 0. The zero-order chi connectivity index (χ0) is 13.2. The summed E-state index contributed by atoms with van der Waals surface area (Å²) in [4.78, 5) is 13.3. The molecule has 5 nitrogen and oxygen atoms in total. The van der Waals surface area contributed by atoms with E-state index in [2.05, 4.69) is 5.32 Å². The van der Waals surface area contributed by atoms with Crippen molar-refractivity contribution in [3.63, 3.8) is 0 Å². The number of amides is 1. The van der Waals surface area contributed by atoms with Crippen molar-refractivity contribution in [2.24, 2.45) is 0 Å². The lowest BCUT2D eigenvalue weighted by molar-refractivity contribution is -0.143. The van der Waals surface area contributed by atoms with E-state index in [0.29, 0.717) is 6.61 Å². The second-order valence-electron chi connectivity index (χ2n) is 5.58.